The fraction of sp³-hybridized carbons (Fsp3) is 0.261. The molecule has 29 heavy (non-hydrogen) atoms. The van der Waals surface area contributed by atoms with Crippen LogP contribution in [0.2, 0.25) is 0 Å². The van der Waals surface area contributed by atoms with Crippen LogP contribution >= 0.6 is 15.9 Å². The number of hydrogen-bond donors (Lipinski definition) is 0. The number of amides is 1. The third kappa shape index (κ3) is 6.39. The fourth-order valence-electron chi connectivity index (χ4n) is 2.82. The van der Waals surface area contributed by atoms with Crippen LogP contribution in [-0.4, -0.2) is 34.0 Å². The molecular formula is C23H24BrN3O2. The number of carbonyl (C=O) groups excluding carboxylic acids is 1. The summed E-state index contributed by atoms with van der Waals surface area (Å²) in [5, 5.41) is 4.06. The van der Waals surface area contributed by atoms with E-state index < -0.39 is 0 Å². The Balaban J connectivity index is 1.62. The highest BCUT2D eigenvalue weighted by Gasteiger charge is 2.14. The molecule has 2 aromatic carbocycles. The molecule has 0 radical (unpaired) electrons. The highest BCUT2D eigenvalue weighted by molar-refractivity contribution is 9.10. The van der Waals surface area contributed by atoms with E-state index in [2.05, 4.69) is 33.0 Å². The van der Waals surface area contributed by atoms with Crippen molar-refractivity contribution >= 4 is 27.9 Å². The van der Waals surface area contributed by atoms with E-state index >= 15 is 0 Å². The average molecular weight is 454 g/mol. The Labute approximate surface area is 179 Å². The molecule has 0 saturated carbocycles. The van der Waals surface area contributed by atoms with Crippen LogP contribution in [0.3, 0.4) is 0 Å². The minimum Gasteiger partial charge on any atom is -0.339 e. The van der Waals surface area contributed by atoms with Gasteiger partial charge in [-0.3, -0.25) is 4.79 Å². The van der Waals surface area contributed by atoms with Gasteiger partial charge in [0.05, 0.1) is 0 Å². The maximum absolute atomic E-state index is 12.7. The largest absolute Gasteiger partial charge is 0.339 e. The van der Waals surface area contributed by atoms with Crippen LogP contribution < -0.4 is 0 Å². The van der Waals surface area contributed by atoms with E-state index in [4.69, 9.17) is 4.52 Å². The van der Waals surface area contributed by atoms with Gasteiger partial charge >= 0.3 is 0 Å². The SMILES string of the molecule is CCCCN(CCc1nc(-c2ccc(Br)cc2)no1)C(=O)/C=C/c1ccccc1. The van der Waals surface area contributed by atoms with E-state index in [1.54, 1.807) is 6.08 Å². The molecule has 0 aliphatic rings. The monoisotopic (exact) mass is 453 g/mol. The van der Waals surface area contributed by atoms with E-state index in [-0.39, 0.29) is 5.91 Å². The number of hydrogen-bond acceptors (Lipinski definition) is 4. The van der Waals surface area contributed by atoms with Crippen molar-refractivity contribution in [2.24, 2.45) is 0 Å². The Bertz CT molecular complexity index is 936. The highest BCUT2D eigenvalue weighted by Crippen LogP contribution is 2.19. The maximum Gasteiger partial charge on any atom is 0.246 e. The van der Waals surface area contributed by atoms with Crippen LogP contribution in [0.4, 0.5) is 0 Å². The number of aromatic nitrogens is 2. The summed E-state index contributed by atoms with van der Waals surface area (Å²) in [7, 11) is 0. The second kappa shape index (κ2) is 10.7. The van der Waals surface area contributed by atoms with Crippen molar-refractivity contribution in [2.75, 3.05) is 13.1 Å². The van der Waals surface area contributed by atoms with Crippen molar-refractivity contribution in [3.8, 4) is 11.4 Å². The Hall–Kier alpha value is -2.73. The van der Waals surface area contributed by atoms with Crippen LogP contribution in [0.1, 0.15) is 31.2 Å². The van der Waals surface area contributed by atoms with Gasteiger partial charge < -0.3 is 9.42 Å². The van der Waals surface area contributed by atoms with Crippen molar-refractivity contribution in [3.63, 3.8) is 0 Å². The smallest absolute Gasteiger partial charge is 0.246 e. The zero-order valence-corrected chi connectivity index (χ0v) is 18.0. The Morgan fingerprint density at radius 3 is 2.59 bits per heavy atom. The molecule has 0 spiro atoms. The van der Waals surface area contributed by atoms with Crippen LogP contribution in [-0.2, 0) is 11.2 Å². The Kier molecular flexibility index (Phi) is 7.76. The molecule has 0 unspecified atom stereocenters. The molecule has 5 nitrogen and oxygen atoms in total. The van der Waals surface area contributed by atoms with Gasteiger partial charge in [0.15, 0.2) is 0 Å². The first-order chi connectivity index (χ1) is 14.2. The summed E-state index contributed by atoms with van der Waals surface area (Å²) in [5.41, 5.74) is 1.90. The Morgan fingerprint density at radius 1 is 1.10 bits per heavy atom. The van der Waals surface area contributed by atoms with Crippen LogP contribution in [0.25, 0.3) is 17.5 Å². The molecule has 0 saturated heterocycles. The lowest BCUT2D eigenvalue weighted by Crippen LogP contribution is -2.32. The zero-order chi connectivity index (χ0) is 20.5. The molecule has 150 valence electrons. The number of halogens is 1. The second-order valence-electron chi connectivity index (χ2n) is 6.69. The normalized spacial score (nSPS) is 11.1. The van der Waals surface area contributed by atoms with Crippen molar-refractivity contribution in [1.82, 2.24) is 15.0 Å². The molecule has 1 amide bonds. The molecule has 6 heteroatoms. The average Bonchev–Trinajstić information content (AvgIpc) is 3.22. The number of unbranched alkanes of at least 4 members (excludes halogenated alkanes) is 1. The zero-order valence-electron chi connectivity index (χ0n) is 16.4. The van der Waals surface area contributed by atoms with E-state index in [0.29, 0.717) is 31.2 Å². The molecule has 0 aliphatic carbocycles. The number of rotatable bonds is 9. The van der Waals surface area contributed by atoms with Crippen molar-refractivity contribution < 1.29 is 9.32 Å². The van der Waals surface area contributed by atoms with E-state index in [1.807, 2.05) is 65.6 Å². The van der Waals surface area contributed by atoms with Gasteiger partial charge in [-0.2, -0.15) is 4.98 Å². The maximum atomic E-state index is 12.7. The molecule has 1 aromatic heterocycles. The molecule has 0 atom stereocenters. The molecular weight excluding hydrogens is 430 g/mol. The van der Waals surface area contributed by atoms with Gasteiger partial charge in [0, 0.05) is 35.6 Å². The molecule has 0 aliphatic heterocycles. The minimum absolute atomic E-state index is 0.00467. The number of carbonyl (C=O) groups is 1. The summed E-state index contributed by atoms with van der Waals surface area (Å²) in [6, 6.07) is 17.6. The summed E-state index contributed by atoms with van der Waals surface area (Å²) in [5.74, 6) is 1.09. The summed E-state index contributed by atoms with van der Waals surface area (Å²) in [4.78, 5) is 19.0. The van der Waals surface area contributed by atoms with Gasteiger partial charge in [-0.25, -0.2) is 0 Å². The second-order valence-corrected chi connectivity index (χ2v) is 7.61. The van der Waals surface area contributed by atoms with Gasteiger partial charge in [-0.15, -0.1) is 0 Å². The van der Waals surface area contributed by atoms with Gasteiger partial charge in [0.25, 0.3) is 0 Å². The van der Waals surface area contributed by atoms with Crippen LogP contribution in [0.5, 0.6) is 0 Å². The molecule has 3 aromatic rings. The topological polar surface area (TPSA) is 59.2 Å². The summed E-state index contributed by atoms with van der Waals surface area (Å²) in [6.07, 6.45) is 5.99. The molecule has 0 fully saturated rings. The number of nitrogens with zero attached hydrogens (tertiary/aromatic N) is 3. The lowest BCUT2D eigenvalue weighted by molar-refractivity contribution is -0.126. The summed E-state index contributed by atoms with van der Waals surface area (Å²) in [6.45, 7) is 3.37. The van der Waals surface area contributed by atoms with E-state index in [0.717, 1.165) is 28.4 Å². The van der Waals surface area contributed by atoms with Crippen LogP contribution in [0, 0.1) is 0 Å². The van der Waals surface area contributed by atoms with Gasteiger partial charge in [0.2, 0.25) is 17.6 Å². The van der Waals surface area contributed by atoms with Gasteiger partial charge in [0.1, 0.15) is 0 Å². The Morgan fingerprint density at radius 2 is 1.86 bits per heavy atom. The standard InChI is InChI=1S/C23H24BrN3O2/c1-2-3-16-27(22(28)14-9-18-7-5-4-6-8-18)17-15-21-25-23(26-29-21)19-10-12-20(24)13-11-19/h4-14H,2-3,15-17H2,1H3/b14-9+. The van der Waals surface area contributed by atoms with E-state index in [1.165, 1.54) is 0 Å². The molecule has 3 rings (SSSR count). The van der Waals surface area contributed by atoms with Crippen LogP contribution in [0.15, 0.2) is 69.7 Å². The lowest BCUT2D eigenvalue weighted by atomic mass is 10.2. The first-order valence-corrected chi connectivity index (χ1v) is 10.6. The molecule has 0 bridgehead atoms. The lowest BCUT2D eigenvalue weighted by Gasteiger charge is -2.20. The highest BCUT2D eigenvalue weighted by atomic mass is 79.9. The summed E-state index contributed by atoms with van der Waals surface area (Å²) >= 11 is 3.42. The molecule has 0 N–H and O–H groups in total. The van der Waals surface area contributed by atoms with Crippen molar-refractivity contribution in [1.29, 1.82) is 0 Å². The van der Waals surface area contributed by atoms with E-state index in [9.17, 15) is 4.79 Å². The predicted octanol–water partition coefficient (Wildman–Crippen LogP) is 5.38. The van der Waals surface area contributed by atoms with Gasteiger partial charge in [-0.05, 0) is 42.3 Å². The van der Waals surface area contributed by atoms with Gasteiger partial charge in [-0.1, -0.05) is 64.8 Å². The van der Waals surface area contributed by atoms with Crippen molar-refractivity contribution in [2.45, 2.75) is 26.2 Å². The third-order valence-electron chi connectivity index (χ3n) is 4.48. The quantitative estimate of drug-likeness (QED) is 0.407. The van der Waals surface area contributed by atoms with Crippen molar-refractivity contribution in [3.05, 3.63) is 76.6 Å². The predicted molar refractivity (Wildman–Crippen MR) is 118 cm³/mol. The minimum atomic E-state index is -0.00467. The summed E-state index contributed by atoms with van der Waals surface area (Å²) < 4.78 is 6.38. The first-order valence-electron chi connectivity index (χ1n) is 9.76. The fourth-order valence-corrected chi connectivity index (χ4v) is 3.09. The number of benzene rings is 2. The third-order valence-corrected chi connectivity index (χ3v) is 5.01. The first kappa shape index (κ1) is 21.0. The molecule has 1 heterocycles.